The molecule has 1 heterocycles. The van der Waals surface area contributed by atoms with Crippen LogP contribution in [0.1, 0.15) is 25.3 Å². The maximum atomic E-state index is 11.0. The first-order chi connectivity index (χ1) is 8.65. The van der Waals surface area contributed by atoms with Crippen LogP contribution in [0, 0.1) is 0 Å². The Labute approximate surface area is 106 Å². The van der Waals surface area contributed by atoms with Crippen molar-refractivity contribution in [3.63, 3.8) is 0 Å². The summed E-state index contributed by atoms with van der Waals surface area (Å²) in [6.45, 7) is 2.80. The third kappa shape index (κ3) is 4.40. The molecule has 6 heteroatoms. The summed E-state index contributed by atoms with van der Waals surface area (Å²) in [6.07, 6.45) is 3.57. The molecule has 0 saturated carbocycles. The number of carbonyl (C=O) groups excluding carboxylic acids is 2. The van der Waals surface area contributed by atoms with Gasteiger partial charge in [-0.3, -0.25) is 9.59 Å². The van der Waals surface area contributed by atoms with Gasteiger partial charge in [-0.25, -0.2) is 4.98 Å². The average molecular weight is 251 g/mol. The number of ether oxygens (including phenoxy) is 1. The highest BCUT2D eigenvalue weighted by atomic mass is 16.5. The van der Waals surface area contributed by atoms with Crippen LogP contribution in [0.5, 0.6) is 5.88 Å². The first-order valence-corrected chi connectivity index (χ1v) is 5.79. The maximum Gasteiger partial charge on any atom is 0.309 e. The molecule has 0 aliphatic carbocycles. The average Bonchev–Trinajstić information content (AvgIpc) is 2.37. The van der Waals surface area contributed by atoms with Gasteiger partial charge >= 0.3 is 11.8 Å². The van der Waals surface area contributed by atoms with Crippen LogP contribution in [0.25, 0.3) is 0 Å². The van der Waals surface area contributed by atoms with Gasteiger partial charge in [-0.15, -0.1) is 0 Å². The second kappa shape index (κ2) is 7.26. The number of hydrogen-bond acceptors (Lipinski definition) is 4. The molecule has 0 aliphatic heterocycles. The minimum Gasteiger partial charge on any atom is -0.477 e. The van der Waals surface area contributed by atoms with Crippen molar-refractivity contribution in [1.82, 2.24) is 10.3 Å². The van der Waals surface area contributed by atoms with Crippen molar-refractivity contribution in [3.05, 3.63) is 23.9 Å². The van der Waals surface area contributed by atoms with E-state index in [1.165, 1.54) is 0 Å². The van der Waals surface area contributed by atoms with Crippen molar-refractivity contribution in [3.8, 4) is 5.88 Å². The van der Waals surface area contributed by atoms with Crippen LogP contribution in [0.2, 0.25) is 0 Å². The fraction of sp³-hybridized carbons (Fsp3) is 0.417. The molecule has 98 valence electrons. The highest BCUT2D eigenvalue weighted by Crippen LogP contribution is 2.14. The molecule has 1 aromatic rings. The van der Waals surface area contributed by atoms with Crippen molar-refractivity contribution in [1.29, 1.82) is 0 Å². The van der Waals surface area contributed by atoms with Crippen LogP contribution < -0.4 is 15.8 Å². The molecule has 0 spiro atoms. The molecule has 18 heavy (non-hydrogen) atoms. The zero-order valence-electron chi connectivity index (χ0n) is 10.3. The van der Waals surface area contributed by atoms with E-state index in [-0.39, 0.29) is 6.54 Å². The summed E-state index contributed by atoms with van der Waals surface area (Å²) in [5.74, 6) is -1.36. The minimum absolute atomic E-state index is 0.164. The van der Waals surface area contributed by atoms with E-state index in [0.717, 1.165) is 12.8 Å². The Balaban J connectivity index is 2.58. The van der Waals surface area contributed by atoms with Crippen LogP contribution in [0.3, 0.4) is 0 Å². The van der Waals surface area contributed by atoms with Crippen LogP contribution in [0.15, 0.2) is 18.3 Å². The molecule has 1 rings (SSSR count). The minimum atomic E-state index is -1.01. The molecule has 0 unspecified atom stereocenters. The SMILES string of the molecule is CCCCOc1ncccc1CNC(=O)C(N)=O. The van der Waals surface area contributed by atoms with Crippen molar-refractivity contribution in [2.45, 2.75) is 26.3 Å². The summed E-state index contributed by atoms with van der Waals surface area (Å²) in [4.78, 5) is 25.7. The van der Waals surface area contributed by atoms with Gasteiger partial charge in [-0.1, -0.05) is 19.4 Å². The van der Waals surface area contributed by atoms with Gasteiger partial charge in [0, 0.05) is 18.3 Å². The first-order valence-electron chi connectivity index (χ1n) is 5.79. The van der Waals surface area contributed by atoms with Crippen molar-refractivity contribution in [2.24, 2.45) is 5.73 Å². The number of aromatic nitrogens is 1. The predicted octanol–water partition coefficient (Wildman–Crippen LogP) is 0.362. The zero-order valence-corrected chi connectivity index (χ0v) is 10.3. The van der Waals surface area contributed by atoms with Crippen LogP contribution in [-0.2, 0) is 16.1 Å². The molecule has 3 N–H and O–H groups in total. The molecule has 0 bridgehead atoms. The van der Waals surface area contributed by atoms with Gasteiger partial charge in [0.25, 0.3) is 0 Å². The number of rotatable bonds is 6. The van der Waals surface area contributed by atoms with E-state index in [4.69, 9.17) is 10.5 Å². The number of nitrogens with one attached hydrogen (secondary N) is 1. The zero-order chi connectivity index (χ0) is 13.4. The standard InChI is InChI=1S/C12H17N3O3/c1-2-3-7-18-12-9(5-4-6-14-12)8-15-11(17)10(13)16/h4-6H,2-3,7-8H2,1H3,(H2,13,16)(H,15,17). The Morgan fingerprint density at radius 1 is 1.50 bits per heavy atom. The van der Waals surface area contributed by atoms with Crippen molar-refractivity contribution >= 4 is 11.8 Å². The molecular weight excluding hydrogens is 234 g/mol. The first kappa shape index (κ1) is 14.0. The summed E-state index contributed by atoms with van der Waals surface area (Å²) in [5.41, 5.74) is 5.55. The second-order valence-electron chi connectivity index (χ2n) is 3.72. The number of unbranched alkanes of at least 4 members (excludes halogenated alkanes) is 1. The normalized spacial score (nSPS) is 9.83. The van der Waals surface area contributed by atoms with Gasteiger partial charge in [-0.05, 0) is 12.5 Å². The number of pyridine rings is 1. The van der Waals surface area contributed by atoms with Crippen LogP contribution in [-0.4, -0.2) is 23.4 Å². The van der Waals surface area contributed by atoms with Crippen LogP contribution >= 0.6 is 0 Å². The number of hydrogen-bond donors (Lipinski definition) is 2. The van der Waals surface area contributed by atoms with E-state index in [2.05, 4.69) is 17.2 Å². The fourth-order valence-corrected chi connectivity index (χ4v) is 1.26. The van der Waals surface area contributed by atoms with Gasteiger partial charge in [0.1, 0.15) is 0 Å². The van der Waals surface area contributed by atoms with E-state index < -0.39 is 11.8 Å². The quantitative estimate of drug-likeness (QED) is 0.564. The Bertz CT molecular complexity index is 421. The van der Waals surface area contributed by atoms with E-state index in [1.807, 2.05) is 0 Å². The Morgan fingerprint density at radius 2 is 2.28 bits per heavy atom. The fourth-order valence-electron chi connectivity index (χ4n) is 1.26. The molecule has 1 aromatic heterocycles. The Kier molecular flexibility index (Phi) is 5.63. The third-order valence-electron chi connectivity index (χ3n) is 2.25. The topological polar surface area (TPSA) is 94.3 Å². The lowest BCUT2D eigenvalue weighted by Crippen LogP contribution is -2.35. The molecule has 0 aromatic carbocycles. The van der Waals surface area contributed by atoms with Crippen molar-refractivity contribution < 1.29 is 14.3 Å². The van der Waals surface area contributed by atoms with Gasteiger partial charge < -0.3 is 15.8 Å². The predicted molar refractivity (Wildman–Crippen MR) is 65.7 cm³/mol. The van der Waals surface area contributed by atoms with Gasteiger partial charge in [-0.2, -0.15) is 0 Å². The van der Waals surface area contributed by atoms with Gasteiger partial charge in [0.2, 0.25) is 5.88 Å². The monoisotopic (exact) mass is 251 g/mol. The molecule has 0 aliphatic rings. The molecule has 0 fully saturated rings. The summed E-state index contributed by atoms with van der Waals surface area (Å²) < 4.78 is 5.49. The number of nitrogens with two attached hydrogens (primary N) is 1. The van der Waals surface area contributed by atoms with E-state index in [1.54, 1.807) is 18.3 Å². The largest absolute Gasteiger partial charge is 0.477 e. The number of primary amides is 1. The van der Waals surface area contributed by atoms with Crippen LogP contribution in [0.4, 0.5) is 0 Å². The Hall–Kier alpha value is -2.11. The van der Waals surface area contributed by atoms with E-state index >= 15 is 0 Å². The summed E-state index contributed by atoms with van der Waals surface area (Å²) in [6, 6.07) is 3.51. The highest BCUT2D eigenvalue weighted by molar-refractivity contribution is 6.34. The summed E-state index contributed by atoms with van der Waals surface area (Å²) in [7, 11) is 0. The Morgan fingerprint density at radius 3 is 2.94 bits per heavy atom. The molecule has 0 saturated heterocycles. The third-order valence-corrected chi connectivity index (χ3v) is 2.25. The van der Waals surface area contributed by atoms with Gasteiger partial charge in [0.15, 0.2) is 0 Å². The molecule has 0 radical (unpaired) electrons. The number of nitrogens with zero attached hydrogens (tertiary/aromatic N) is 1. The number of amides is 2. The lowest BCUT2D eigenvalue weighted by Gasteiger charge is -2.09. The molecular formula is C12H17N3O3. The number of carbonyl (C=O) groups is 2. The maximum absolute atomic E-state index is 11.0. The summed E-state index contributed by atoms with van der Waals surface area (Å²) in [5, 5.41) is 2.40. The van der Waals surface area contributed by atoms with Crippen molar-refractivity contribution in [2.75, 3.05) is 6.61 Å². The lowest BCUT2D eigenvalue weighted by atomic mass is 10.2. The summed E-state index contributed by atoms with van der Waals surface area (Å²) >= 11 is 0. The highest BCUT2D eigenvalue weighted by Gasteiger charge is 2.10. The molecule has 2 amide bonds. The van der Waals surface area contributed by atoms with Gasteiger partial charge in [0.05, 0.1) is 6.61 Å². The molecule has 6 nitrogen and oxygen atoms in total. The second-order valence-corrected chi connectivity index (χ2v) is 3.72. The van der Waals surface area contributed by atoms with E-state index in [9.17, 15) is 9.59 Å². The smallest absolute Gasteiger partial charge is 0.309 e. The van der Waals surface area contributed by atoms with E-state index in [0.29, 0.717) is 18.1 Å². The molecule has 0 atom stereocenters. The lowest BCUT2D eigenvalue weighted by molar-refractivity contribution is -0.137.